The highest BCUT2D eigenvalue weighted by atomic mass is 79.9. The predicted octanol–water partition coefficient (Wildman–Crippen LogP) is 4.13. The molecule has 0 N–H and O–H groups in total. The number of benzene rings is 1. The van der Waals surface area contributed by atoms with Crippen molar-refractivity contribution in [1.82, 2.24) is 4.90 Å². The topological polar surface area (TPSA) is 20.3 Å². The molecule has 1 fully saturated rings. The Morgan fingerprint density at radius 3 is 2.21 bits per heavy atom. The Morgan fingerprint density at radius 2 is 1.74 bits per heavy atom. The molecule has 1 saturated carbocycles. The van der Waals surface area contributed by atoms with Crippen LogP contribution in [0.15, 0.2) is 28.7 Å². The van der Waals surface area contributed by atoms with E-state index in [0.29, 0.717) is 0 Å². The number of amides is 1. The largest absolute Gasteiger partial charge is 0.343 e. The second kappa shape index (κ2) is 5.66. The number of carbonyl (C=O) groups excluding carboxylic acids is 1. The molecule has 1 aromatic rings. The van der Waals surface area contributed by atoms with Crippen LogP contribution >= 0.6 is 15.9 Å². The monoisotopic (exact) mass is 323 g/mol. The fraction of sp³-hybridized carbons (Fsp3) is 0.562. The van der Waals surface area contributed by atoms with Crippen molar-refractivity contribution in [1.29, 1.82) is 0 Å². The average molecular weight is 324 g/mol. The van der Waals surface area contributed by atoms with Gasteiger partial charge < -0.3 is 4.90 Å². The summed E-state index contributed by atoms with van der Waals surface area (Å²) in [6.45, 7) is 4.14. The standard InChI is InChI=1S/C16H22BrNO/c1-12(2)18(3)15(19)16(10-4-5-11-16)13-6-8-14(17)9-7-13/h6-9,12H,4-5,10-11H2,1-3H3. The minimum absolute atomic E-state index is 0.250. The number of nitrogens with zero attached hydrogens (tertiary/aromatic N) is 1. The number of carbonyl (C=O) groups is 1. The first kappa shape index (κ1) is 14.6. The number of likely N-dealkylation sites (N-methyl/N-ethyl adjacent to an activating group) is 1. The van der Waals surface area contributed by atoms with Gasteiger partial charge in [-0.3, -0.25) is 4.79 Å². The van der Waals surface area contributed by atoms with E-state index in [2.05, 4.69) is 41.9 Å². The quantitative estimate of drug-likeness (QED) is 0.819. The molecule has 0 atom stereocenters. The van der Waals surface area contributed by atoms with Crippen molar-refractivity contribution >= 4 is 21.8 Å². The van der Waals surface area contributed by atoms with E-state index in [9.17, 15) is 4.79 Å². The van der Waals surface area contributed by atoms with Gasteiger partial charge in [0, 0.05) is 17.6 Å². The third-order valence-electron chi connectivity index (χ3n) is 4.36. The van der Waals surface area contributed by atoms with Gasteiger partial charge in [-0.25, -0.2) is 0 Å². The van der Waals surface area contributed by atoms with Crippen LogP contribution in [0.2, 0.25) is 0 Å². The second-order valence-corrected chi connectivity index (χ2v) is 6.72. The molecule has 3 heteroatoms. The van der Waals surface area contributed by atoms with Gasteiger partial charge in [0.05, 0.1) is 5.41 Å². The van der Waals surface area contributed by atoms with Crippen LogP contribution in [0.25, 0.3) is 0 Å². The van der Waals surface area contributed by atoms with Crippen molar-refractivity contribution in [3.8, 4) is 0 Å². The molecular formula is C16H22BrNO. The first-order chi connectivity index (χ1) is 8.97. The third kappa shape index (κ3) is 2.71. The van der Waals surface area contributed by atoms with Crippen molar-refractivity contribution in [2.75, 3.05) is 7.05 Å². The minimum Gasteiger partial charge on any atom is -0.343 e. The number of hydrogen-bond acceptors (Lipinski definition) is 1. The van der Waals surface area contributed by atoms with Crippen LogP contribution in [-0.2, 0) is 10.2 Å². The lowest BCUT2D eigenvalue weighted by Gasteiger charge is -2.35. The maximum Gasteiger partial charge on any atom is 0.233 e. The summed E-state index contributed by atoms with van der Waals surface area (Å²) in [6, 6.07) is 8.53. The van der Waals surface area contributed by atoms with Crippen LogP contribution in [-0.4, -0.2) is 23.9 Å². The van der Waals surface area contributed by atoms with Gasteiger partial charge in [-0.15, -0.1) is 0 Å². The van der Waals surface area contributed by atoms with Gasteiger partial charge in [0.15, 0.2) is 0 Å². The summed E-state index contributed by atoms with van der Waals surface area (Å²) in [7, 11) is 1.92. The first-order valence-electron chi connectivity index (χ1n) is 7.01. The number of rotatable bonds is 3. The Hall–Kier alpha value is -0.830. The number of hydrogen-bond donors (Lipinski definition) is 0. The molecule has 1 amide bonds. The number of halogens is 1. The molecule has 1 aromatic carbocycles. The Bertz CT molecular complexity index is 446. The van der Waals surface area contributed by atoms with E-state index >= 15 is 0 Å². The van der Waals surface area contributed by atoms with Crippen molar-refractivity contribution in [2.24, 2.45) is 0 Å². The molecule has 0 heterocycles. The molecule has 0 saturated heterocycles. The average Bonchev–Trinajstić information content (AvgIpc) is 2.88. The van der Waals surface area contributed by atoms with Gasteiger partial charge in [0.1, 0.15) is 0 Å². The summed E-state index contributed by atoms with van der Waals surface area (Å²) in [5.41, 5.74) is 0.880. The van der Waals surface area contributed by atoms with Gasteiger partial charge in [-0.2, -0.15) is 0 Å². The van der Waals surface area contributed by atoms with E-state index in [0.717, 1.165) is 30.2 Å². The molecule has 0 radical (unpaired) electrons. The van der Waals surface area contributed by atoms with Crippen LogP contribution in [0, 0.1) is 0 Å². The molecule has 0 unspecified atom stereocenters. The van der Waals surface area contributed by atoms with Gasteiger partial charge in [-0.05, 0) is 44.4 Å². The molecular weight excluding hydrogens is 302 g/mol. The van der Waals surface area contributed by atoms with Crippen LogP contribution in [0.5, 0.6) is 0 Å². The Kier molecular flexibility index (Phi) is 4.34. The van der Waals surface area contributed by atoms with Gasteiger partial charge in [0.2, 0.25) is 5.91 Å². The normalized spacial score (nSPS) is 17.7. The van der Waals surface area contributed by atoms with Crippen LogP contribution < -0.4 is 0 Å². The van der Waals surface area contributed by atoms with Gasteiger partial charge >= 0.3 is 0 Å². The molecule has 0 aromatic heterocycles. The van der Waals surface area contributed by atoms with Crippen molar-refractivity contribution in [3.63, 3.8) is 0 Å². The van der Waals surface area contributed by atoms with E-state index in [1.54, 1.807) is 0 Å². The van der Waals surface area contributed by atoms with Crippen LogP contribution in [0.1, 0.15) is 45.1 Å². The van der Waals surface area contributed by atoms with E-state index in [-0.39, 0.29) is 17.4 Å². The van der Waals surface area contributed by atoms with Crippen molar-refractivity contribution in [3.05, 3.63) is 34.3 Å². The Morgan fingerprint density at radius 1 is 1.21 bits per heavy atom. The maximum atomic E-state index is 12.9. The smallest absolute Gasteiger partial charge is 0.233 e. The molecule has 1 aliphatic carbocycles. The first-order valence-corrected chi connectivity index (χ1v) is 7.80. The molecule has 19 heavy (non-hydrogen) atoms. The highest BCUT2D eigenvalue weighted by molar-refractivity contribution is 9.10. The zero-order valence-corrected chi connectivity index (χ0v) is 13.5. The molecule has 0 bridgehead atoms. The lowest BCUT2D eigenvalue weighted by molar-refractivity contribution is -0.137. The fourth-order valence-corrected chi connectivity index (χ4v) is 3.21. The van der Waals surface area contributed by atoms with E-state index in [1.807, 2.05) is 24.1 Å². The second-order valence-electron chi connectivity index (χ2n) is 5.81. The predicted molar refractivity (Wildman–Crippen MR) is 82.2 cm³/mol. The zero-order valence-electron chi connectivity index (χ0n) is 11.9. The van der Waals surface area contributed by atoms with Crippen LogP contribution in [0.4, 0.5) is 0 Å². The third-order valence-corrected chi connectivity index (χ3v) is 4.89. The lowest BCUT2D eigenvalue weighted by Crippen LogP contribution is -2.46. The molecule has 0 spiro atoms. The molecule has 104 valence electrons. The lowest BCUT2D eigenvalue weighted by atomic mass is 9.77. The van der Waals surface area contributed by atoms with Crippen LogP contribution in [0.3, 0.4) is 0 Å². The zero-order chi connectivity index (χ0) is 14.0. The Labute approximate surface area is 124 Å². The summed E-state index contributed by atoms with van der Waals surface area (Å²) in [5.74, 6) is 0.280. The summed E-state index contributed by atoms with van der Waals surface area (Å²) in [5, 5.41) is 0. The summed E-state index contributed by atoms with van der Waals surface area (Å²) in [4.78, 5) is 14.8. The SMILES string of the molecule is CC(C)N(C)C(=O)C1(c2ccc(Br)cc2)CCCC1. The molecule has 0 aliphatic heterocycles. The van der Waals surface area contributed by atoms with E-state index in [1.165, 1.54) is 5.56 Å². The van der Waals surface area contributed by atoms with E-state index < -0.39 is 0 Å². The van der Waals surface area contributed by atoms with Crippen molar-refractivity contribution < 1.29 is 4.79 Å². The van der Waals surface area contributed by atoms with Gasteiger partial charge in [0.25, 0.3) is 0 Å². The minimum atomic E-state index is -0.292. The summed E-state index contributed by atoms with van der Waals surface area (Å²) in [6.07, 6.45) is 4.25. The summed E-state index contributed by atoms with van der Waals surface area (Å²) < 4.78 is 1.06. The van der Waals surface area contributed by atoms with Crippen molar-refractivity contribution in [2.45, 2.75) is 51.0 Å². The summed E-state index contributed by atoms with van der Waals surface area (Å²) >= 11 is 3.47. The molecule has 1 aliphatic rings. The molecule has 2 rings (SSSR count). The van der Waals surface area contributed by atoms with Gasteiger partial charge in [-0.1, -0.05) is 40.9 Å². The fourth-order valence-electron chi connectivity index (χ4n) is 2.95. The van der Waals surface area contributed by atoms with E-state index in [4.69, 9.17) is 0 Å². The molecule has 2 nitrogen and oxygen atoms in total. The highest BCUT2D eigenvalue weighted by Gasteiger charge is 2.44. The Balaban J connectivity index is 2.38. The highest BCUT2D eigenvalue weighted by Crippen LogP contribution is 2.43. The maximum absolute atomic E-state index is 12.9.